The number of rotatable bonds is 6. The van der Waals surface area contributed by atoms with Gasteiger partial charge < -0.3 is 20.2 Å². The molecule has 120 valence electrons. The van der Waals surface area contributed by atoms with Crippen molar-refractivity contribution in [1.82, 2.24) is 10.3 Å². The fourth-order valence-corrected chi connectivity index (χ4v) is 2.09. The lowest BCUT2D eigenvalue weighted by atomic mass is 9.90. The number of urea groups is 1. The van der Waals surface area contributed by atoms with E-state index in [1.54, 1.807) is 18.2 Å². The van der Waals surface area contributed by atoms with Gasteiger partial charge in [0.25, 0.3) is 0 Å². The predicted octanol–water partition coefficient (Wildman–Crippen LogP) is 2.92. The predicted molar refractivity (Wildman–Crippen MR) is 85.9 cm³/mol. The summed E-state index contributed by atoms with van der Waals surface area (Å²) < 4.78 is 5.53. The van der Waals surface area contributed by atoms with Gasteiger partial charge in [-0.25, -0.2) is 9.78 Å². The fourth-order valence-electron chi connectivity index (χ4n) is 2.09. The normalized spacial score (nSPS) is 11.6. The van der Waals surface area contributed by atoms with Crippen molar-refractivity contribution in [3.05, 3.63) is 24.1 Å². The van der Waals surface area contributed by atoms with Gasteiger partial charge in [0.05, 0.1) is 0 Å². The minimum Gasteiger partial charge on any atom is -0.441 e. The number of amides is 2. The van der Waals surface area contributed by atoms with E-state index in [2.05, 4.69) is 15.6 Å². The summed E-state index contributed by atoms with van der Waals surface area (Å²) in [5.41, 5.74) is 1.97. The molecule has 0 saturated heterocycles. The van der Waals surface area contributed by atoms with Crippen LogP contribution in [0.1, 0.15) is 33.1 Å². The Morgan fingerprint density at radius 2 is 2.18 bits per heavy atom. The Bertz CT molecular complexity index is 649. The van der Waals surface area contributed by atoms with Crippen LogP contribution in [-0.4, -0.2) is 29.3 Å². The Labute approximate surface area is 129 Å². The number of nitrogens with zero attached hydrogens (tertiary/aromatic N) is 1. The van der Waals surface area contributed by atoms with Crippen LogP contribution in [0.3, 0.4) is 0 Å². The lowest BCUT2D eigenvalue weighted by molar-refractivity contribution is 0.204. The van der Waals surface area contributed by atoms with E-state index in [4.69, 9.17) is 9.52 Å². The number of aliphatic hydroxyl groups is 1. The first-order valence-corrected chi connectivity index (χ1v) is 7.49. The van der Waals surface area contributed by atoms with Crippen molar-refractivity contribution >= 4 is 22.8 Å². The fraction of sp³-hybridized carbons (Fsp3) is 0.500. The van der Waals surface area contributed by atoms with Crippen LogP contribution in [0.25, 0.3) is 11.1 Å². The number of benzene rings is 1. The van der Waals surface area contributed by atoms with Crippen LogP contribution >= 0.6 is 0 Å². The van der Waals surface area contributed by atoms with Crippen molar-refractivity contribution in [2.24, 2.45) is 5.41 Å². The van der Waals surface area contributed by atoms with E-state index in [9.17, 15) is 4.79 Å². The van der Waals surface area contributed by atoms with Gasteiger partial charge in [-0.2, -0.15) is 0 Å². The van der Waals surface area contributed by atoms with Crippen LogP contribution in [-0.2, 0) is 6.42 Å². The van der Waals surface area contributed by atoms with Crippen molar-refractivity contribution in [1.29, 1.82) is 0 Å². The van der Waals surface area contributed by atoms with Gasteiger partial charge >= 0.3 is 6.03 Å². The first-order chi connectivity index (χ1) is 10.4. The van der Waals surface area contributed by atoms with Gasteiger partial charge in [-0.3, -0.25) is 0 Å². The zero-order chi connectivity index (χ0) is 16.2. The molecular formula is C16H23N3O3. The highest BCUT2D eigenvalue weighted by atomic mass is 16.3. The number of nitrogens with one attached hydrogen (secondary N) is 2. The maximum absolute atomic E-state index is 11.9. The Balaban J connectivity index is 1.96. The van der Waals surface area contributed by atoms with E-state index < -0.39 is 0 Å². The van der Waals surface area contributed by atoms with Crippen LogP contribution in [0.4, 0.5) is 10.5 Å². The van der Waals surface area contributed by atoms with E-state index in [1.165, 1.54) is 0 Å². The van der Waals surface area contributed by atoms with E-state index >= 15 is 0 Å². The average Bonchev–Trinajstić information content (AvgIpc) is 2.87. The molecule has 2 aromatic rings. The Morgan fingerprint density at radius 1 is 1.41 bits per heavy atom. The molecule has 6 nitrogen and oxygen atoms in total. The van der Waals surface area contributed by atoms with Gasteiger partial charge in [0, 0.05) is 25.3 Å². The number of carbonyl (C=O) groups excluding carboxylic acids is 1. The summed E-state index contributed by atoms with van der Waals surface area (Å²) in [5, 5.41) is 14.6. The first-order valence-electron chi connectivity index (χ1n) is 7.49. The average molecular weight is 305 g/mol. The standard InChI is InChI=1S/C16H23N3O3/c1-4-14-19-12-9-11(5-6-13(12)22-14)18-15(21)17-10-16(2,3)7-8-20/h5-6,9,20H,4,7-8,10H2,1-3H3,(H2,17,18,21). The number of oxazole rings is 1. The highest BCUT2D eigenvalue weighted by Gasteiger charge is 2.18. The SMILES string of the molecule is CCc1nc2cc(NC(=O)NCC(C)(C)CCO)ccc2o1. The van der Waals surface area contributed by atoms with Crippen molar-refractivity contribution < 1.29 is 14.3 Å². The smallest absolute Gasteiger partial charge is 0.319 e. The van der Waals surface area contributed by atoms with Crippen molar-refractivity contribution in [3.8, 4) is 0 Å². The molecule has 0 aliphatic heterocycles. The molecule has 0 aliphatic rings. The van der Waals surface area contributed by atoms with E-state index in [0.29, 0.717) is 30.1 Å². The van der Waals surface area contributed by atoms with E-state index in [0.717, 1.165) is 11.9 Å². The molecule has 0 fully saturated rings. The van der Waals surface area contributed by atoms with Crippen LogP contribution in [0.15, 0.2) is 22.6 Å². The maximum atomic E-state index is 11.9. The van der Waals surface area contributed by atoms with Gasteiger partial charge in [0.1, 0.15) is 5.52 Å². The molecule has 22 heavy (non-hydrogen) atoms. The van der Waals surface area contributed by atoms with Crippen LogP contribution < -0.4 is 10.6 Å². The molecule has 0 spiro atoms. The molecule has 1 aromatic carbocycles. The number of aromatic nitrogens is 1. The third-order valence-electron chi connectivity index (χ3n) is 3.51. The zero-order valence-corrected chi connectivity index (χ0v) is 13.3. The van der Waals surface area contributed by atoms with Gasteiger partial charge in [-0.1, -0.05) is 20.8 Å². The molecule has 0 unspecified atom stereocenters. The number of carbonyl (C=O) groups is 1. The van der Waals surface area contributed by atoms with Gasteiger partial charge in [-0.15, -0.1) is 0 Å². The Kier molecular flexibility index (Phi) is 5.03. The molecule has 0 atom stereocenters. The van der Waals surface area contributed by atoms with Crippen molar-refractivity contribution in [3.63, 3.8) is 0 Å². The zero-order valence-electron chi connectivity index (χ0n) is 13.3. The summed E-state index contributed by atoms with van der Waals surface area (Å²) in [4.78, 5) is 16.3. The minimum atomic E-state index is -0.274. The third-order valence-corrected chi connectivity index (χ3v) is 3.51. The highest BCUT2D eigenvalue weighted by Crippen LogP contribution is 2.21. The Morgan fingerprint density at radius 3 is 2.86 bits per heavy atom. The minimum absolute atomic E-state index is 0.110. The van der Waals surface area contributed by atoms with E-state index in [-0.39, 0.29) is 18.1 Å². The molecule has 3 N–H and O–H groups in total. The van der Waals surface area contributed by atoms with Crippen molar-refractivity contribution in [2.45, 2.75) is 33.6 Å². The van der Waals surface area contributed by atoms with Crippen LogP contribution in [0.5, 0.6) is 0 Å². The number of anilines is 1. The molecule has 2 rings (SSSR count). The summed E-state index contributed by atoms with van der Waals surface area (Å²) in [5.74, 6) is 0.683. The summed E-state index contributed by atoms with van der Waals surface area (Å²) in [6.45, 7) is 6.57. The van der Waals surface area contributed by atoms with E-state index in [1.807, 2.05) is 20.8 Å². The molecule has 0 radical (unpaired) electrons. The number of aryl methyl sites for hydroxylation is 1. The topological polar surface area (TPSA) is 87.4 Å². The largest absolute Gasteiger partial charge is 0.441 e. The van der Waals surface area contributed by atoms with Gasteiger partial charge in [0.2, 0.25) is 0 Å². The number of aliphatic hydroxyl groups excluding tert-OH is 1. The quantitative estimate of drug-likeness (QED) is 0.765. The first kappa shape index (κ1) is 16.3. The van der Waals surface area contributed by atoms with Crippen LogP contribution in [0, 0.1) is 5.41 Å². The second kappa shape index (κ2) is 6.79. The molecule has 2 amide bonds. The summed E-state index contributed by atoms with van der Waals surface area (Å²) in [6.07, 6.45) is 1.37. The van der Waals surface area contributed by atoms with Crippen LogP contribution in [0.2, 0.25) is 0 Å². The van der Waals surface area contributed by atoms with Gasteiger partial charge in [0.15, 0.2) is 11.5 Å². The van der Waals surface area contributed by atoms with Gasteiger partial charge in [-0.05, 0) is 30.0 Å². The third kappa shape index (κ3) is 4.21. The molecule has 1 heterocycles. The highest BCUT2D eigenvalue weighted by molar-refractivity contribution is 5.91. The number of hydrogen-bond donors (Lipinski definition) is 3. The lowest BCUT2D eigenvalue weighted by Crippen LogP contribution is -2.37. The molecule has 6 heteroatoms. The monoisotopic (exact) mass is 305 g/mol. The second-order valence-corrected chi connectivity index (χ2v) is 6.09. The molecule has 0 saturated carbocycles. The number of hydrogen-bond acceptors (Lipinski definition) is 4. The number of fused-ring (bicyclic) bond motifs is 1. The maximum Gasteiger partial charge on any atom is 0.319 e. The molecular weight excluding hydrogens is 282 g/mol. The molecule has 0 bridgehead atoms. The summed E-state index contributed by atoms with van der Waals surface area (Å²) in [7, 11) is 0. The Hall–Kier alpha value is -2.08. The summed E-state index contributed by atoms with van der Waals surface area (Å²) >= 11 is 0. The molecule has 0 aliphatic carbocycles. The molecule has 1 aromatic heterocycles. The summed E-state index contributed by atoms with van der Waals surface area (Å²) in [6, 6.07) is 5.10. The second-order valence-electron chi connectivity index (χ2n) is 6.09. The lowest BCUT2D eigenvalue weighted by Gasteiger charge is -2.23. The van der Waals surface area contributed by atoms with Crippen molar-refractivity contribution in [2.75, 3.05) is 18.5 Å².